The van der Waals surface area contributed by atoms with Gasteiger partial charge in [-0.1, -0.05) is 33.6 Å². The zero-order chi connectivity index (χ0) is 22.7. The van der Waals surface area contributed by atoms with E-state index in [9.17, 15) is 0 Å². The van der Waals surface area contributed by atoms with Gasteiger partial charge in [-0.15, -0.1) is 0 Å². The minimum absolute atomic E-state index is 0.0530. The minimum Gasteiger partial charge on any atom is -0.396 e. The minimum atomic E-state index is -2.41. The first-order valence-corrected chi connectivity index (χ1v) is 15.7. The Morgan fingerprint density at radius 2 is 0.966 bits per heavy atom. The van der Waals surface area contributed by atoms with Crippen LogP contribution in [0.4, 0.5) is 0 Å². The number of hydrogen-bond acceptors (Lipinski definition) is 7. The molecule has 0 rings (SSSR count). The van der Waals surface area contributed by atoms with E-state index in [1.807, 2.05) is 0 Å². The van der Waals surface area contributed by atoms with Crippen LogP contribution in [0.25, 0.3) is 0 Å². The van der Waals surface area contributed by atoms with Crippen molar-refractivity contribution in [2.75, 3.05) is 35.0 Å². The Balaban J connectivity index is 5.37. The van der Waals surface area contributed by atoms with Crippen molar-refractivity contribution in [3.05, 3.63) is 0 Å². The van der Waals surface area contributed by atoms with Crippen molar-refractivity contribution < 1.29 is 27.2 Å². The van der Waals surface area contributed by atoms with Crippen molar-refractivity contribution in [3.8, 4) is 0 Å². The summed E-state index contributed by atoms with van der Waals surface area (Å²) < 4.78 is 36.0. The smallest absolute Gasteiger partial charge is 0.364 e. The van der Waals surface area contributed by atoms with Gasteiger partial charge in [0.05, 0.1) is 0 Å². The molecule has 0 aliphatic rings. The van der Waals surface area contributed by atoms with Gasteiger partial charge < -0.3 is 27.2 Å². The van der Waals surface area contributed by atoms with Gasteiger partial charge in [-0.05, 0) is 39.8 Å². The average Bonchev–Trinajstić information content (AvgIpc) is 2.72. The Morgan fingerprint density at radius 3 is 1.17 bits per heavy atom. The van der Waals surface area contributed by atoms with Crippen LogP contribution < -0.4 is 0 Å². The first-order chi connectivity index (χ1) is 13.6. The van der Waals surface area contributed by atoms with E-state index in [1.54, 1.807) is 28.4 Å². The zero-order valence-corrected chi connectivity index (χ0v) is 22.7. The summed E-state index contributed by atoms with van der Waals surface area (Å²) in [4.78, 5) is 2.21. The van der Waals surface area contributed by atoms with Crippen LogP contribution in [-0.4, -0.2) is 80.9 Å². The largest absolute Gasteiger partial charge is 0.396 e. The molecule has 0 amide bonds. The van der Waals surface area contributed by atoms with E-state index in [0.717, 1.165) is 32.2 Å². The van der Waals surface area contributed by atoms with E-state index in [4.69, 9.17) is 27.2 Å². The van der Waals surface area contributed by atoms with Crippen LogP contribution >= 0.6 is 0 Å². The monoisotopic (exact) mass is 453 g/mol. The molecule has 0 spiro atoms. The van der Waals surface area contributed by atoms with E-state index in [-0.39, 0.29) is 23.9 Å². The van der Waals surface area contributed by atoms with E-state index < -0.39 is 17.1 Å². The van der Waals surface area contributed by atoms with Gasteiger partial charge in [-0.25, -0.2) is 0 Å². The van der Waals surface area contributed by atoms with Crippen molar-refractivity contribution in [2.45, 2.75) is 97.3 Å². The molecule has 0 aromatic carbocycles. The molecule has 0 heterocycles. The summed E-state index contributed by atoms with van der Waals surface area (Å²) in [6, 6.07) is 0. The van der Waals surface area contributed by atoms with Crippen LogP contribution in [0, 0.1) is 0 Å². The second kappa shape index (κ2) is 14.3. The van der Waals surface area contributed by atoms with Crippen molar-refractivity contribution >= 4 is 17.1 Å². The standard InChI is InChI=1S/C20H47NO6Si2/c1-12-15-19(28(10,22-6)23-7)26-17(4)21(14-3)18(5)27-20(16-13-2)29(11,24-8)25-9/h17-20H,12-16H2,1-11H3. The van der Waals surface area contributed by atoms with Crippen molar-refractivity contribution in [1.29, 1.82) is 0 Å². The highest BCUT2D eigenvalue weighted by molar-refractivity contribution is 6.67. The predicted octanol–water partition coefficient (Wildman–Crippen LogP) is 4.18. The van der Waals surface area contributed by atoms with Crippen LogP contribution in [0.15, 0.2) is 0 Å². The van der Waals surface area contributed by atoms with Gasteiger partial charge in [0.1, 0.15) is 23.9 Å². The third-order valence-electron chi connectivity index (χ3n) is 5.91. The van der Waals surface area contributed by atoms with Gasteiger partial charge >= 0.3 is 17.1 Å². The van der Waals surface area contributed by atoms with E-state index in [0.29, 0.717) is 0 Å². The second-order valence-corrected chi connectivity index (χ2v) is 14.7. The summed E-state index contributed by atoms with van der Waals surface area (Å²) in [5, 5.41) is 0. The Labute approximate surface area is 181 Å². The number of ether oxygens (including phenoxy) is 2. The van der Waals surface area contributed by atoms with Gasteiger partial charge in [0.2, 0.25) is 0 Å². The number of rotatable bonds is 17. The average molecular weight is 454 g/mol. The molecule has 9 heteroatoms. The maximum Gasteiger partial charge on any atom is 0.364 e. The summed E-state index contributed by atoms with van der Waals surface area (Å²) >= 11 is 0. The molecule has 4 unspecified atom stereocenters. The van der Waals surface area contributed by atoms with Gasteiger partial charge in [-0.2, -0.15) is 0 Å². The summed E-state index contributed by atoms with van der Waals surface area (Å²) in [6.45, 7) is 15.5. The quantitative estimate of drug-likeness (QED) is 0.242. The number of nitrogens with zero attached hydrogens (tertiary/aromatic N) is 1. The van der Waals surface area contributed by atoms with Crippen LogP contribution in [0.5, 0.6) is 0 Å². The molecule has 7 nitrogen and oxygen atoms in total. The molecule has 0 aliphatic carbocycles. The second-order valence-electron chi connectivity index (χ2n) is 7.70. The highest BCUT2D eigenvalue weighted by atomic mass is 28.4. The first kappa shape index (κ1) is 29.2. The molecule has 0 aromatic rings. The van der Waals surface area contributed by atoms with E-state index >= 15 is 0 Å². The third-order valence-corrected chi connectivity index (χ3v) is 12.3. The Morgan fingerprint density at radius 1 is 0.655 bits per heavy atom. The van der Waals surface area contributed by atoms with Crippen molar-refractivity contribution in [2.24, 2.45) is 0 Å². The highest BCUT2D eigenvalue weighted by Crippen LogP contribution is 2.25. The topological polar surface area (TPSA) is 58.6 Å². The van der Waals surface area contributed by atoms with Crippen LogP contribution in [0.2, 0.25) is 13.1 Å². The van der Waals surface area contributed by atoms with Gasteiger partial charge in [0, 0.05) is 35.0 Å². The predicted molar refractivity (Wildman–Crippen MR) is 122 cm³/mol. The summed E-state index contributed by atoms with van der Waals surface area (Å²) in [5.41, 5.74) is -0.106. The van der Waals surface area contributed by atoms with Crippen molar-refractivity contribution in [3.63, 3.8) is 0 Å². The van der Waals surface area contributed by atoms with Gasteiger partial charge in [0.25, 0.3) is 0 Å². The van der Waals surface area contributed by atoms with Crippen LogP contribution in [0.3, 0.4) is 0 Å². The summed E-state index contributed by atoms with van der Waals surface area (Å²) in [5.74, 6) is 0. The fourth-order valence-corrected chi connectivity index (χ4v) is 7.47. The molecule has 4 atom stereocenters. The SMILES string of the molecule is CCCC(OC(C)N(CC)C(C)OC(CCC)[Si](C)(OC)OC)[Si](C)(OC)OC. The Hall–Kier alpha value is 0.154. The van der Waals surface area contributed by atoms with E-state index in [2.05, 4.69) is 52.6 Å². The maximum absolute atomic E-state index is 6.50. The zero-order valence-electron chi connectivity index (χ0n) is 20.7. The normalized spacial score (nSPS) is 17.4. The van der Waals surface area contributed by atoms with E-state index in [1.165, 1.54) is 0 Å². The molecular weight excluding hydrogens is 406 g/mol. The molecule has 0 N–H and O–H groups in total. The number of hydrogen-bond donors (Lipinski definition) is 0. The third kappa shape index (κ3) is 8.31. The summed E-state index contributed by atoms with van der Waals surface area (Å²) in [7, 11) is 2.03. The molecule has 0 bridgehead atoms. The lowest BCUT2D eigenvalue weighted by Crippen LogP contribution is -2.56. The van der Waals surface area contributed by atoms with Gasteiger partial charge in [-0.3, -0.25) is 4.90 Å². The fourth-order valence-electron chi connectivity index (χ4n) is 3.57. The Kier molecular flexibility index (Phi) is 14.3. The lowest BCUT2D eigenvalue weighted by molar-refractivity contribution is -0.162. The fraction of sp³-hybridized carbons (Fsp3) is 1.00. The lowest BCUT2D eigenvalue weighted by atomic mass is 10.3. The highest BCUT2D eigenvalue weighted by Gasteiger charge is 2.44. The van der Waals surface area contributed by atoms with Crippen molar-refractivity contribution in [1.82, 2.24) is 4.90 Å². The van der Waals surface area contributed by atoms with Crippen LogP contribution in [0.1, 0.15) is 60.3 Å². The first-order valence-electron chi connectivity index (χ1n) is 10.9. The Bertz CT molecular complexity index is 388. The van der Waals surface area contributed by atoms with Gasteiger partial charge in [0.15, 0.2) is 0 Å². The molecule has 0 saturated carbocycles. The molecule has 0 aliphatic heterocycles. The molecule has 176 valence electrons. The maximum atomic E-state index is 6.50. The lowest BCUT2D eigenvalue weighted by Gasteiger charge is -2.41. The summed E-state index contributed by atoms with van der Waals surface area (Å²) in [6.07, 6.45) is 3.55. The molecular formula is C20H47NO6Si2. The molecule has 0 aromatic heterocycles. The molecule has 29 heavy (non-hydrogen) atoms. The molecule has 0 radical (unpaired) electrons. The van der Waals surface area contributed by atoms with Crippen LogP contribution in [-0.2, 0) is 27.2 Å². The molecule has 0 fully saturated rings. The molecule has 0 saturated heterocycles.